The molecule has 0 amide bonds. The van der Waals surface area contributed by atoms with Gasteiger partial charge in [-0.1, -0.05) is 0 Å². The number of nitrogens with two attached hydrogens (primary N) is 1. The lowest BCUT2D eigenvalue weighted by Gasteiger charge is -2.11. The molecule has 0 aromatic rings. The van der Waals surface area contributed by atoms with E-state index in [0.29, 0.717) is 11.2 Å². The van der Waals surface area contributed by atoms with Gasteiger partial charge in [-0.15, -0.1) is 0 Å². The lowest BCUT2D eigenvalue weighted by Crippen LogP contribution is -2.42. The van der Waals surface area contributed by atoms with Gasteiger partial charge in [-0.3, -0.25) is 0 Å². The molecule has 0 aromatic carbocycles. The molecule has 1 fully saturated rings. The zero-order valence-corrected chi connectivity index (χ0v) is 7.12. The van der Waals surface area contributed by atoms with Gasteiger partial charge in [-0.25, -0.2) is 5.84 Å². The van der Waals surface area contributed by atoms with E-state index in [4.69, 9.17) is 22.8 Å². The minimum atomic E-state index is 0.307. The zero-order chi connectivity index (χ0) is 8.10. The monoisotopic (exact) mass is 175 g/mol. The van der Waals surface area contributed by atoms with Crippen LogP contribution in [-0.4, -0.2) is 24.4 Å². The average Bonchev–Trinajstić information content (AvgIpc) is 2.52. The molecule has 0 radical (unpaired) electrons. The van der Waals surface area contributed by atoms with Gasteiger partial charge in [0.2, 0.25) is 0 Å². The first kappa shape index (κ1) is 8.70. The Morgan fingerprint density at radius 2 is 2.55 bits per heavy atom. The summed E-state index contributed by atoms with van der Waals surface area (Å²) in [6, 6.07) is 0. The number of nitrogens with one attached hydrogen (secondary N) is 2. The van der Waals surface area contributed by atoms with Gasteiger partial charge in [0.05, 0.1) is 6.10 Å². The van der Waals surface area contributed by atoms with Crippen molar-refractivity contribution in [1.82, 2.24) is 10.7 Å². The molecule has 64 valence electrons. The molecule has 0 spiro atoms. The smallest absolute Gasteiger partial charge is 0.180 e. The van der Waals surface area contributed by atoms with E-state index in [1.807, 2.05) is 0 Å². The maximum atomic E-state index is 5.36. The summed E-state index contributed by atoms with van der Waals surface area (Å²) >= 11 is 4.79. The normalized spacial score (nSPS) is 23.2. The van der Waals surface area contributed by atoms with Crippen LogP contribution in [0.25, 0.3) is 0 Å². The van der Waals surface area contributed by atoms with Gasteiger partial charge in [-0.2, -0.15) is 0 Å². The zero-order valence-electron chi connectivity index (χ0n) is 6.30. The van der Waals surface area contributed by atoms with Crippen molar-refractivity contribution in [3.05, 3.63) is 0 Å². The van der Waals surface area contributed by atoms with E-state index in [1.54, 1.807) is 0 Å². The Hall–Kier alpha value is -0.390. The Bertz CT molecular complexity index is 136. The van der Waals surface area contributed by atoms with Crippen molar-refractivity contribution in [2.45, 2.75) is 18.9 Å². The Kier molecular flexibility index (Phi) is 3.55. The van der Waals surface area contributed by atoms with Crippen LogP contribution >= 0.6 is 12.2 Å². The summed E-state index contributed by atoms with van der Waals surface area (Å²) in [5.74, 6) is 5.06. The number of hydrogen-bond donors (Lipinski definition) is 3. The lowest BCUT2D eigenvalue weighted by atomic mass is 10.2. The first-order valence-electron chi connectivity index (χ1n) is 3.69. The molecule has 1 aliphatic rings. The van der Waals surface area contributed by atoms with Crippen LogP contribution in [0.3, 0.4) is 0 Å². The van der Waals surface area contributed by atoms with E-state index >= 15 is 0 Å². The minimum Gasteiger partial charge on any atom is -0.376 e. The molecule has 0 aliphatic carbocycles. The second-order valence-electron chi connectivity index (χ2n) is 2.49. The van der Waals surface area contributed by atoms with Crippen molar-refractivity contribution >= 4 is 17.3 Å². The summed E-state index contributed by atoms with van der Waals surface area (Å²) in [7, 11) is 0. The van der Waals surface area contributed by atoms with E-state index in [2.05, 4.69) is 10.7 Å². The maximum Gasteiger partial charge on any atom is 0.180 e. The Balaban J connectivity index is 2.06. The molecule has 1 atom stereocenters. The number of rotatable bonds is 2. The largest absolute Gasteiger partial charge is 0.376 e. The molecule has 4 nitrogen and oxygen atoms in total. The molecule has 1 rings (SSSR count). The van der Waals surface area contributed by atoms with Crippen molar-refractivity contribution in [3.63, 3.8) is 0 Å². The van der Waals surface area contributed by atoms with Crippen LogP contribution < -0.4 is 16.6 Å². The van der Waals surface area contributed by atoms with E-state index in [9.17, 15) is 0 Å². The average molecular weight is 175 g/mol. The fourth-order valence-electron chi connectivity index (χ4n) is 1.06. The van der Waals surface area contributed by atoms with Crippen LogP contribution in [0.15, 0.2) is 0 Å². The molecule has 4 N–H and O–H groups in total. The van der Waals surface area contributed by atoms with Crippen molar-refractivity contribution < 1.29 is 4.74 Å². The molecular weight excluding hydrogens is 162 g/mol. The van der Waals surface area contributed by atoms with Gasteiger partial charge in [0.25, 0.3) is 0 Å². The SMILES string of the molecule is NNC(=S)NC[C@H]1CCCO1. The fraction of sp³-hybridized carbons (Fsp3) is 0.833. The third kappa shape index (κ3) is 3.00. The molecule has 1 saturated heterocycles. The molecule has 1 aliphatic heterocycles. The second-order valence-corrected chi connectivity index (χ2v) is 2.90. The molecule has 0 unspecified atom stereocenters. The van der Waals surface area contributed by atoms with Crippen molar-refractivity contribution in [2.75, 3.05) is 13.2 Å². The molecule has 0 aromatic heterocycles. The minimum absolute atomic E-state index is 0.307. The summed E-state index contributed by atoms with van der Waals surface area (Å²) in [6.07, 6.45) is 2.57. The Morgan fingerprint density at radius 1 is 1.73 bits per heavy atom. The highest BCUT2D eigenvalue weighted by atomic mass is 32.1. The van der Waals surface area contributed by atoms with Crippen molar-refractivity contribution in [3.8, 4) is 0 Å². The van der Waals surface area contributed by atoms with E-state index in [-0.39, 0.29) is 0 Å². The maximum absolute atomic E-state index is 5.36. The van der Waals surface area contributed by atoms with Crippen LogP contribution in [-0.2, 0) is 4.74 Å². The highest BCUT2D eigenvalue weighted by Crippen LogP contribution is 2.10. The van der Waals surface area contributed by atoms with E-state index in [1.165, 1.54) is 0 Å². The summed E-state index contributed by atoms with van der Waals surface area (Å²) < 4.78 is 5.36. The standard InChI is InChI=1S/C6H13N3OS/c7-9-6(11)8-4-5-2-1-3-10-5/h5H,1-4,7H2,(H2,8,9,11)/t5-/m1/s1. The number of ether oxygens (including phenoxy) is 1. The third-order valence-electron chi connectivity index (χ3n) is 1.65. The summed E-state index contributed by atoms with van der Waals surface area (Å²) in [4.78, 5) is 0. The van der Waals surface area contributed by atoms with Gasteiger partial charge in [0.1, 0.15) is 0 Å². The topological polar surface area (TPSA) is 59.3 Å². The first-order chi connectivity index (χ1) is 5.33. The highest BCUT2D eigenvalue weighted by Gasteiger charge is 2.14. The molecule has 5 heteroatoms. The van der Waals surface area contributed by atoms with Crippen molar-refractivity contribution in [1.29, 1.82) is 0 Å². The predicted octanol–water partition coefficient (Wildman–Crippen LogP) is -0.497. The van der Waals surface area contributed by atoms with E-state index in [0.717, 1.165) is 26.0 Å². The number of hydrogen-bond acceptors (Lipinski definition) is 3. The summed E-state index contributed by atoms with van der Waals surface area (Å²) in [6.45, 7) is 1.62. The highest BCUT2D eigenvalue weighted by molar-refractivity contribution is 7.80. The van der Waals surface area contributed by atoms with Gasteiger partial charge in [-0.05, 0) is 25.1 Å². The van der Waals surface area contributed by atoms with Gasteiger partial charge >= 0.3 is 0 Å². The van der Waals surface area contributed by atoms with E-state index < -0.39 is 0 Å². The predicted molar refractivity (Wildman–Crippen MR) is 46.9 cm³/mol. The molecule has 11 heavy (non-hydrogen) atoms. The fourth-order valence-corrected chi connectivity index (χ4v) is 1.15. The summed E-state index contributed by atoms with van der Waals surface area (Å²) in [5, 5.41) is 3.42. The second kappa shape index (κ2) is 4.48. The van der Waals surface area contributed by atoms with Crippen LogP contribution in [0.4, 0.5) is 0 Å². The van der Waals surface area contributed by atoms with Crippen LogP contribution in [0.5, 0.6) is 0 Å². The number of thiocarbonyl (C=S) groups is 1. The van der Waals surface area contributed by atoms with Crippen LogP contribution in [0.1, 0.15) is 12.8 Å². The van der Waals surface area contributed by atoms with Crippen molar-refractivity contribution in [2.24, 2.45) is 5.84 Å². The lowest BCUT2D eigenvalue weighted by molar-refractivity contribution is 0.114. The van der Waals surface area contributed by atoms with Crippen LogP contribution in [0, 0.1) is 0 Å². The quantitative estimate of drug-likeness (QED) is 0.300. The Morgan fingerprint density at radius 3 is 3.09 bits per heavy atom. The van der Waals surface area contributed by atoms with Crippen LogP contribution in [0.2, 0.25) is 0 Å². The summed E-state index contributed by atoms with van der Waals surface area (Å²) in [5.41, 5.74) is 2.35. The Labute approximate surface area is 71.4 Å². The molecular formula is C6H13N3OS. The third-order valence-corrected chi connectivity index (χ3v) is 1.91. The van der Waals surface area contributed by atoms with Gasteiger partial charge in [0.15, 0.2) is 5.11 Å². The molecule has 0 saturated carbocycles. The molecule has 0 bridgehead atoms. The molecule has 1 heterocycles. The van der Waals surface area contributed by atoms with Gasteiger partial charge in [0, 0.05) is 13.2 Å². The number of hydrazine groups is 1. The van der Waals surface area contributed by atoms with Gasteiger partial charge < -0.3 is 15.5 Å². The first-order valence-corrected chi connectivity index (χ1v) is 4.10.